The molecule has 1 N–H and O–H groups in total. The molecule has 108 valence electrons. The largest absolute Gasteiger partial charge is 0.477 e. The van der Waals surface area contributed by atoms with Crippen LogP contribution in [-0.2, 0) is 0 Å². The second kappa shape index (κ2) is 4.53. The normalized spacial score (nSPS) is 11.5. The first-order chi connectivity index (χ1) is 10.6. The maximum Gasteiger partial charge on any atom is 0.342 e. The molecule has 3 aromatic heterocycles. The van der Waals surface area contributed by atoms with Gasteiger partial charge in [0.25, 0.3) is 0 Å². The molecule has 0 radical (unpaired) electrons. The quantitative estimate of drug-likeness (QED) is 0.543. The second-order valence-corrected chi connectivity index (χ2v) is 6.14. The van der Waals surface area contributed by atoms with Crippen LogP contribution in [0.2, 0.25) is 5.15 Å². The van der Waals surface area contributed by atoms with Crippen molar-refractivity contribution in [3.63, 3.8) is 0 Å². The van der Waals surface area contributed by atoms with Crippen molar-refractivity contribution < 1.29 is 9.90 Å². The summed E-state index contributed by atoms with van der Waals surface area (Å²) in [6.45, 7) is 0. The number of halogens is 1. The average Bonchev–Trinajstić information content (AvgIpc) is 2.85. The Bertz CT molecular complexity index is 1150. The predicted molar refractivity (Wildman–Crippen MR) is 86.3 cm³/mol. The molecule has 0 amide bonds. The summed E-state index contributed by atoms with van der Waals surface area (Å²) < 4.78 is 2.56. The number of carboxylic acids is 1. The Kier molecular flexibility index (Phi) is 2.72. The van der Waals surface area contributed by atoms with Crippen LogP contribution in [0.25, 0.3) is 26.1 Å². The van der Waals surface area contributed by atoms with Crippen molar-refractivity contribution in [1.29, 1.82) is 0 Å². The molecule has 7 heteroatoms. The molecule has 0 spiro atoms. The van der Waals surface area contributed by atoms with Crippen molar-refractivity contribution in [3.8, 4) is 0 Å². The highest BCUT2D eigenvalue weighted by atomic mass is 35.5. The summed E-state index contributed by atoms with van der Waals surface area (Å²) in [6, 6.07) is 10.4. The van der Waals surface area contributed by atoms with E-state index in [1.807, 2.05) is 24.3 Å². The van der Waals surface area contributed by atoms with E-state index in [1.165, 1.54) is 23.5 Å². The highest BCUT2D eigenvalue weighted by Gasteiger charge is 2.21. The molecule has 22 heavy (non-hydrogen) atoms. The molecule has 0 aliphatic heterocycles. The fraction of sp³-hybridized carbons (Fsp3) is 0. The lowest BCUT2D eigenvalue weighted by molar-refractivity contribution is 0.0698. The van der Waals surface area contributed by atoms with Crippen molar-refractivity contribution in [3.05, 3.63) is 57.3 Å². The molecule has 4 aromatic rings. The first-order valence-electron chi connectivity index (χ1n) is 6.34. The lowest BCUT2D eigenvalue weighted by atomic mass is 10.2. The Balaban J connectivity index is 2.44. The van der Waals surface area contributed by atoms with E-state index in [2.05, 4.69) is 4.98 Å². The third kappa shape index (κ3) is 1.68. The van der Waals surface area contributed by atoms with Crippen LogP contribution in [0.1, 0.15) is 10.4 Å². The monoisotopic (exact) mass is 330 g/mol. The molecule has 0 unspecified atom stereocenters. The van der Waals surface area contributed by atoms with Crippen molar-refractivity contribution in [2.75, 3.05) is 0 Å². The minimum Gasteiger partial charge on any atom is -0.477 e. The zero-order valence-electron chi connectivity index (χ0n) is 10.9. The standard InChI is InChI=1S/C15H7ClN2O3S/c16-10-6-5-7-12(19)11(15(20)21)14-18(13(7)17-10)8-3-1-2-4-9(8)22-14/h1-6H,(H,20,21). The van der Waals surface area contributed by atoms with Crippen LogP contribution < -0.4 is 5.43 Å². The number of rotatable bonds is 1. The summed E-state index contributed by atoms with van der Waals surface area (Å²) in [6.07, 6.45) is 0. The van der Waals surface area contributed by atoms with E-state index in [1.54, 1.807) is 4.40 Å². The number of aromatic nitrogens is 2. The fourth-order valence-corrected chi connectivity index (χ4v) is 3.87. The van der Waals surface area contributed by atoms with Gasteiger partial charge in [-0.15, -0.1) is 11.3 Å². The minimum atomic E-state index is -1.24. The van der Waals surface area contributed by atoms with Gasteiger partial charge in [0.15, 0.2) is 5.65 Å². The molecule has 0 fully saturated rings. The number of hydrogen-bond acceptors (Lipinski definition) is 4. The van der Waals surface area contributed by atoms with Crippen LogP contribution in [0.5, 0.6) is 0 Å². The minimum absolute atomic E-state index is 0.238. The predicted octanol–water partition coefficient (Wildman–Crippen LogP) is 3.41. The number of nitrogens with zero attached hydrogens (tertiary/aromatic N) is 2. The Morgan fingerprint density at radius 3 is 2.77 bits per heavy atom. The second-order valence-electron chi connectivity index (χ2n) is 4.72. The van der Waals surface area contributed by atoms with Gasteiger partial charge in [0.1, 0.15) is 15.5 Å². The van der Waals surface area contributed by atoms with Crippen LogP contribution in [0.15, 0.2) is 41.2 Å². The number of fused-ring (bicyclic) bond motifs is 5. The van der Waals surface area contributed by atoms with Gasteiger partial charge in [-0.3, -0.25) is 9.20 Å². The van der Waals surface area contributed by atoms with E-state index in [4.69, 9.17) is 11.6 Å². The van der Waals surface area contributed by atoms with Crippen molar-refractivity contribution in [2.24, 2.45) is 0 Å². The van der Waals surface area contributed by atoms with Gasteiger partial charge < -0.3 is 5.11 Å². The van der Waals surface area contributed by atoms with Gasteiger partial charge in [0.05, 0.1) is 15.6 Å². The number of benzene rings is 1. The molecular formula is C15H7ClN2O3S. The van der Waals surface area contributed by atoms with Crippen LogP contribution in [-0.4, -0.2) is 20.5 Å². The molecule has 5 nitrogen and oxygen atoms in total. The maximum absolute atomic E-state index is 12.5. The molecule has 4 rings (SSSR count). The average molecular weight is 331 g/mol. The fourth-order valence-electron chi connectivity index (χ4n) is 2.55. The Morgan fingerprint density at radius 2 is 2.00 bits per heavy atom. The summed E-state index contributed by atoms with van der Waals surface area (Å²) in [5.74, 6) is -1.24. The van der Waals surface area contributed by atoms with Gasteiger partial charge in [0.2, 0.25) is 5.43 Å². The first kappa shape index (κ1) is 13.2. The van der Waals surface area contributed by atoms with Crippen molar-refractivity contribution in [2.45, 2.75) is 0 Å². The number of hydrogen-bond donors (Lipinski definition) is 1. The van der Waals surface area contributed by atoms with Gasteiger partial charge >= 0.3 is 5.97 Å². The summed E-state index contributed by atoms with van der Waals surface area (Å²) in [7, 11) is 0. The lowest BCUT2D eigenvalue weighted by Crippen LogP contribution is -2.17. The highest BCUT2D eigenvalue weighted by molar-refractivity contribution is 7.24. The zero-order valence-corrected chi connectivity index (χ0v) is 12.5. The van der Waals surface area contributed by atoms with E-state index < -0.39 is 11.4 Å². The molecule has 1 aromatic carbocycles. The third-order valence-corrected chi connectivity index (χ3v) is 4.82. The number of aromatic carboxylic acids is 1. The van der Waals surface area contributed by atoms with E-state index in [0.717, 1.165) is 10.2 Å². The molecule has 0 saturated heterocycles. The van der Waals surface area contributed by atoms with Gasteiger partial charge in [-0.2, -0.15) is 0 Å². The zero-order chi connectivity index (χ0) is 15.4. The molecule has 3 heterocycles. The van der Waals surface area contributed by atoms with E-state index >= 15 is 0 Å². The Labute approximate surface area is 132 Å². The third-order valence-electron chi connectivity index (χ3n) is 3.47. The molecule has 0 bridgehead atoms. The van der Waals surface area contributed by atoms with Crippen molar-refractivity contribution >= 4 is 55.0 Å². The lowest BCUT2D eigenvalue weighted by Gasteiger charge is -2.05. The van der Waals surface area contributed by atoms with Crippen LogP contribution >= 0.6 is 22.9 Å². The number of carboxylic acid groups (broad SMARTS) is 1. The summed E-state index contributed by atoms with van der Waals surface area (Å²) in [5, 5.41) is 9.94. The van der Waals surface area contributed by atoms with Crippen molar-refractivity contribution in [1.82, 2.24) is 9.38 Å². The Morgan fingerprint density at radius 1 is 1.23 bits per heavy atom. The number of thiazole rings is 1. The first-order valence-corrected chi connectivity index (χ1v) is 7.53. The topological polar surface area (TPSA) is 71.7 Å². The van der Waals surface area contributed by atoms with Gasteiger partial charge in [0, 0.05) is 0 Å². The molecule has 0 atom stereocenters. The van der Waals surface area contributed by atoms with Gasteiger partial charge in [-0.05, 0) is 24.3 Å². The smallest absolute Gasteiger partial charge is 0.342 e. The number of pyridine rings is 2. The van der Waals surface area contributed by atoms with Crippen LogP contribution in [0.3, 0.4) is 0 Å². The number of carbonyl (C=O) groups is 1. The summed E-state index contributed by atoms with van der Waals surface area (Å²) >= 11 is 7.20. The Hall–Kier alpha value is -2.44. The van der Waals surface area contributed by atoms with E-state index in [9.17, 15) is 14.7 Å². The highest BCUT2D eigenvalue weighted by Crippen LogP contribution is 2.30. The molecule has 0 aliphatic rings. The van der Waals surface area contributed by atoms with Crippen LogP contribution in [0.4, 0.5) is 0 Å². The molecule has 0 aliphatic carbocycles. The molecular weight excluding hydrogens is 324 g/mol. The summed E-state index contributed by atoms with van der Waals surface area (Å²) in [4.78, 5) is 28.7. The maximum atomic E-state index is 12.5. The van der Waals surface area contributed by atoms with E-state index in [-0.39, 0.29) is 16.1 Å². The molecule has 0 saturated carbocycles. The summed E-state index contributed by atoms with van der Waals surface area (Å²) in [5.41, 5.74) is 0.385. The number of para-hydroxylation sites is 1. The van der Waals surface area contributed by atoms with Gasteiger partial charge in [-0.1, -0.05) is 23.7 Å². The van der Waals surface area contributed by atoms with Crippen LogP contribution in [0, 0.1) is 0 Å². The van der Waals surface area contributed by atoms with Gasteiger partial charge in [-0.25, -0.2) is 9.78 Å². The SMILES string of the molecule is O=C(O)c1c(=O)c2ccc(Cl)nc2n2c1sc1ccccc12. The van der Waals surface area contributed by atoms with E-state index in [0.29, 0.717) is 10.5 Å².